The summed E-state index contributed by atoms with van der Waals surface area (Å²) in [4.78, 5) is 3.18. The summed E-state index contributed by atoms with van der Waals surface area (Å²) in [6.07, 6.45) is -2.84. The average Bonchev–Trinajstić information content (AvgIpc) is 1.87. The third-order valence-corrected chi connectivity index (χ3v) is 1.06. The van der Waals surface area contributed by atoms with Crippen LogP contribution in [0, 0.1) is 0 Å². The lowest BCUT2D eigenvalue weighted by Crippen LogP contribution is -2.10. The van der Waals surface area contributed by atoms with Crippen molar-refractivity contribution < 1.29 is 13.2 Å². The first-order valence-corrected chi connectivity index (χ1v) is 3.02. The maximum atomic E-state index is 11.9. The predicted octanol–water partition coefficient (Wildman–Crippen LogP) is 1.83. The normalized spacial score (nSPS) is 14.4. The van der Waals surface area contributed by atoms with Gasteiger partial charge in [-0.05, 0) is 6.42 Å². The van der Waals surface area contributed by atoms with Crippen molar-refractivity contribution in [1.29, 1.82) is 0 Å². The topological polar surface area (TPSA) is 38.4 Å². The molecule has 0 aliphatic rings. The monoisotopic (exact) mass is 166 g/mol. The minimum absolute atomic E-state index is 0.0964. The van der Waals surface area contributed by atoms with Gasteiger partial charge in [0.05, 0.1) is 11.9 Å². The van der Waals surface area contributed by atoms with Gasteiger partial charge in [-0.15, -0.1) is 0 Å². The van der Waals surface area contributed by atoms with Crippen molar-refractivity contribution in [3.8, 4) is 0 Å². The summed E-state index contributed by atoms with van der Waals surface area (Å²) in [7, 11) is 0. The molecule has 0 atom stereocenters. The molecule has 0 amide bonds. The van der Waals surface area contributed by atoms with Crippen LogP contribution in [0.5, 0.6) is 0 Å². The lowest BCUT2D eigenvalue weighted by atomic mass is 10.2. The molecule has 0 aromatic carbocycles. The van der Waals surface area contributed by atoms with Gasteiger partial charge in [-0.25, -0.2) is 4.99 Å². The van der Waals surface area contributed by atoms with Gasteiger partial charge >= 0.3 is 6.18 Å². The van der Waals surface area contributed by atoms with Crippen molar-refractivity contribution in [3.63, 3.8) is 0 Å². The van der Waals surface area contributed by atoms with Gasteiger partial charge in [0.1, 0.15) is 0 Å². The summed E-state index contributed by atoms with van der Waals surface area (Å²) in [5, 5.41) is 0. The Morgan fingerprint density at radius 3 is 2.36 bits per heavy atom. The van der Waals surface area contributed by atoms with Gasteiger partial charge in [0.2, 0.25) is 0 Å². The van der Waals surface area contributed by atoms with Gasteiger partial charge in [0, 0.05) is 6.20 Å². The molecule has 2 nitrogen and oxygen atoms in total. The van der Waals surface area contributed by atoms with Crippen LogP contribution < -0.4 is 5.73 Å². The molecule has 0 aromatic rings. The molecule has 64 valence electrons. The molecule has 0 saturated carbocycles. The van der Waals surface area contributed by atoms with E-state index in [2.05, 4.69) is 4.99 Å². The van der Waals surface area contributed by atoms with Crippen LogP contribution in [0.3, 0.4) is 0 Å². The van der Waals surface area contributed by atoms with Crippen molar-refractivity contribution in [2.45, 2.75) is 19.5 Å². The first-order valence-electron chi connectivity index (χ1n) is 3.02. The molecule has 0 fully saturated rings. The maximum absolute atomic E-state index is 11.9. The van der Waals surface area contributed by atoms with E-state index >= 15 is 0 Å². The number of hydrogen-bond acceptors (Lipinski definition) is 1. The number of aliphatic imine (C=N–C) groups is 1. The zero-order chi connectivity index (χ0) is 8.91. The minimum atomic E-state index is -4.29. The number of allylic oxidation sites excluding steroid dienone is 1. The molecular weight excluding hydrogens is 157 g/mol. The summed E-state index contributed by atoms with van der Waals surface area (Å²) in [6, 6.07) is 0. The molecule has 11 heavy (non-hydrogen) atoms. The van der Waals surface area contributed by atoms with Gasteiger partial charge in [-0.2, -0.15) is 13.2 Å². The number of nitrogens with two attached hydrogens (primary N) is 1. The molecule has 0 saturated heterocycles. The fraction of sp³-hybridized carbons (Fsp3) is 0.500. The van der Waals surface area contributed by atoms with E-state index in [1.165, 1.54) is 6.92 Å². The summed E-state index contributed by atoms with van der Waals surface area (Å²) in [5.41, 5.74) is 4.09. The van der Waals surface area contributed by atoms with Gasteiger partial charge in [0.25, 0.3) is 0 Å². The first-order chi connectivity index (χ1) is 5.02. The SMILES string of the molecule is CC/C(=C\N=CN)C(F)(F)F. The molecular formula is C6H9F3N2. The van der Waals surface area contributed by atoms with Crippen molar-refractivity contribution in [2.75, 3.05) is 0 Å². The molecule has 0 spiro atoms. The second kappa shape index (κ2) is 4.00. The largest absolute Gasteiger partial charge is 0.414 e. The zero-order valence-electron chi connectivity index (χ0n) is 6.02. The molecule has 0 unspecified atom stereocenters. The van der Waals surface area contributed by atoms with E-state index in [0.29, 0.717) is 0 Å². The highest BCUT2D eigenvalue weighted by Crippen LogP contribution is 2.27. The van der Waals surface area contributed by atoms with E-state index in [9.17, 15) is 13.2 Å². The number of hydrogen-bond donors (Lipinski definition) is 1. The molecule has 5 heteroatoms. The van der Waals surface area contributed by atoms with Crippen LogP contribution in [0.4, 0.5) is 13.2 Å². The van der Waals surface area contributed by atoms with Crippen molar-refractivity contribution in [1.82, 2.24) is 0 Å². The van der Waals surface area contributed by atoms with Gasteiger partial charge in [-0.1, -0.05) is 6.92 Å². The average molecular weight is 166 g/mol. The van der Waals surface area contributed by atoms with E-state index < -0.39 is 11.7 Å². The van der Waals surface area contributed by atoms with Crippen LogP contribution in [-0.4, -0.2) is 12.5 Å². The van der Waals surface area contributed by atoms with E-state index in [0.717, 1.165) is 12.5 Å². The summed E-state index contributed by atoms with van der Waals surface area (Å²) in [5.74, 6) is 0. The Labute approximate surface area is 62.6 Å². The smallest absolute Gasteiger partial charge is 0.390 e. The second-order valence-corrected chi connectivity index (χ2v) is 1.80. The molecule has 2 N–H and O–H groups in total. The zero-order valence-corrected chi connectivity index (χ0v) is 6.02. The molecule has 0 heterocycles. The summed E-state index contributed by atoms with van der Waals surface area (Å²) >= 11 is 0. The van der Waals surface area contributed by atoms with Crippen LogP contribution in [0.2, 0.25) is 0 Å². The van der Waals surface area contributed by atoms with E-state index in [1.54, 1.807) is 0 Å². The van der Waals surface area contributed by atoms with Crippen LogP contribution in [-0.2, 0) is 0 Å². The number of nitrogens with zero attached hydrogens (tertiary/aromatic N) is 1. The van der Waals surface area contributed by atoms with Crippen molar-refractivity contribution in [2.24, 2.45) is 10.7 Å². The number of halogens is 3. The quantitative estimate of drug-likeness (QED) is 0.493. The highest BCUT2D eigenvalue weighted by atomic mass is 19.4. The Morgan fingerprint density at radius 2 is 2.09 bits per heavy atom. The van der Waals surface area contributed by atoms with Crippen LogP contribution >= 0.6 is 0 Å². The number of rotatable bonds is 2. The minimum Gasteiger partial charge on any atom is -0.390 e. The maximum Gasteiger partial charge on any atom is 0.414 e. The van der Waals surface area contributed by atoms with E-state index in [1.807, 2.05) is 0 Å². The predicted molar refractivity (Wildman–Crippen MR) is 37.1 cm³/mol. The molecule has 0 aliphatic heterocycles. The lowest BCUT2D eigenvalue weighted by molar-refractivity contribution is -0.0937. The second-order valence-electron chi connectivity index (χ2n) is 1.80. The van der Waals surface area contributed by atoms with E-state index in [4.69, 9.17) is 5.73 Å². The van der Waals surface area contributed by atoms with Crippen molar-refractivity contribution >= 4 is 6.34 Å². The number of alkyl halides is 3. The Morgan fingerprint density at radius 1 is 1.55 bits per heavy atom. The third-order valence-electron chi connectivity index (χ3n) is 1.06. The highest BCUT2D eigenvalue weighted by molar-refractivity contribution is 5.52. The third kappa shape index (κ3) is 3.64. The van der Waals surface area contributed by atoms with E-state index in [-0.39, 0.29) is 6.42 Å². The molecule has 0 radical (unpaired) electrons. The Balaban J connectivity index is 4.40. The molecule has 0 bridgehead atoms. The Kier molecular flexibility index (Phi) is 3.64. The lowest BCUT2D eigenvalue weighted by Gasteiger charge is -2.06. The van der Waals surface area contributed by atoms with Crippen LogP contribution in [0.1, 0.15) is 13.3 Å². The van der Waals surface area contributed by atoms with Gasteiger partial charge < -0.3 is 5.73 Å². The fourth-order valence-corrected chi connectivity index (χ4v) is 0.498. The first kappa shape index (κ1) is 10.0. The van der Waals surface area contributed by atoms with Crippen LogP contribution in [0.15, 0.2) is 16.8 Å². The van der Waals surface area contributed by atoms with Gasteiger partial charge in [-0.3, -0.25) is 0 Å². The summed E-state index contributed by atoms with van der Waals surface area (Å²) in [6.45, 7) is 1.41. The molecule has 0 aliphatic carbocycles. The Hall–Kier alpha value is -1.00. The van der Waals surface area contributed by atoms with Gasteiger partial charge in [0.15, 0.2) is 0 Å². The molecule has 0 rings (SSSR count). The summed E-state index contributed by atoms with van der Waals surface area (Å²) < 4.78 is 35.6. The molecule has 0 aromatic heterocycles. The van der Waals surface area contributed by atoms with Crippen molar-refractivity contribution in [3.05, 3.63) is 11.8 Å². The van der Waals surface area contributed by atoms with Crippen LogP contribution in [0.25, 0.3) is 0 Å². The fourth-order valence-electron chi connectivity index (χ4n) is 0.498. The highest BCUT2D eigenvalue weighted by Gasteiger charge is 2.31. The Bertz CT molecular complexity index is 169. The standard InChI is InChI=1S/C6H9F3N2/c1-2-5(3-11-4-10)6(7,8)9/h3-4H,2H2,1H3,(H2,10,11)/b5-3+.